The van der Waals surface area contributed by atoms with Gasteiger partial charge in [-0.3, -0.25) is 4.79 Å². The number of aromatic amines is 1. The lowest BCUT2D eigenvalue weighted by molar-refractivity contribution is -0.118. The molecule has 76 valence electrons. The largest absolute Gasteiger partial charge is 0.464 e. The number of carbonyl (C=O) groups is 2. The Morgan fingerprint density at radius 1 is 1.57 bits per heavy atom. The number of ketones is 1. The highest BCUT2D eigenvalue weighted by Gasteiger charge is 2.10. The molecule has 0 fully saturated rings. The highest BCUT2D eigenvalue weighted by molar-refractivity contribution is 5.87. The van der Waals surface area contributed by atoms with Crippen molar-refractivity contribution >= 4 is 11.8 Å². The van der Waals surface area contributed by atoms with Crippen LogP contribution in [0.1, 0.15) is 29.7 Å². The van der Waals surface area contributed by atoms with Crippen molar-refractivity contribution < 1.29 is 14.3 Å². The van der Waals surface area contributed by atoms with Crippen molar-refractivity contribution in [3.63, 3.8) is 0 Å². The first-order valence-electron chi connectivity index (χ1n) is 4.31. The van der Waals surface area contributed by atoms with Crippen molar-refractivity contribution in [3.05, 3.63) is 17.7 Å². The number of hydrogen-bond donors (Lipinski definition) is 1. The van der Waals surface area contributed by atoms with E-state index in [1.807, 2.05) is 0 Å². The Bertz CT molecular complexity index is 344. The van der Waals surface area contributed by atoms with Gasteiger partial charge in [-0.25, -0.2) is 9.78 Å². The minimum absolute atomic E-state index is 0.0794. The van der Waals surface area contributed by atoms with E-state index in [2.05, 4.69) is 14.7 Å². The molecule has 0 unspecified atom stereocenters. The van der Waals surface area contributed by atoms with E-state index in [0.717, 1.165) is 0 Å². The first-order valence-corrected chi connectivity index (χ1v) is 4.31. The molecule has 0 radical (unpaired) electrons. The van der Waals surface area contributed by atoms with Crippen LogP contribution in [0.5, 0.6) is 0 Å². The Morgan fingerprint density at radius 2 is 2.29 bits per heavy atom. The molecule has 1 rings (SSSR count). The zero-order valence-electron chi connectivity index (χ0n) is 8.16. The maximum absolute atomic E-state index is 11.1. The Labute approximate surface area is 81.5 Å². The number of nitrogens with zero attached hydrogens (tertiary/aromatic N) is 1. The molecular formula is C9H12N2O3. The van der Waals surface area contributed by atoms with Gasteiger partial charge in [0.15, 0.2) is 0 Å². The second-order valence-corrected chi connectivity index (χ2v) is 2.80. The monoisotopic (exact) mass is 196 g/mol. The van der Waals surface area contributed by atoms with Gasteiger partial charge in [0.05, 0.1) is 19.7 Å². The minimum atomic E-state index is -0.479. The molecule has 1 aromatic heterocycles. The molecule has 1 aromatic rings. The van der Waals surface area contributed by atoms with E-state index in [4.69, 9.17) is 0 Å². The number of imidazole rings is 1. The second-order valence-electron chi connectivity index (χ2n) is 2.80. The standard InChI is InChI=1S/C9H12N2O3/c1-3-6(12)4-8-10-5-7(11-8)9(13)14-2/h5H,3-4H2,1-2H3,(H,10,11). The lowest BCUT2D eigenvalue weighted by Crippen LogP contribution is -2.04. The van der Waals surface area contributed by atoms with E-state index in [9.17, 15) is 9.59 Å². The summed E-state index contributed by atoms with van der Waals surface area (Å²) in [6, 6.07) is 0. The van der Waals surface area contributed by atoms with Crippen molar-refractivity contribution in [1.82, 2.24) is 9.97 Å². The Balaban J connectivity index is 2.68. The zero-order valence-corrected chi connectivity index (χ0v) is 8.16. The van der Waals surface area contributed by atoms with Gasteiger partial charge in [0, 0.05) is 6.42 Å². The molecule has 0 atom stereocenters. The summed E-state index contributed by atoms with van der Waals surface area (Å²) < 4.78 is 4.49. The molecular weight excluding hydrogens is 184 g/mol. The van der Waals surface area contributed by atoms with Crippen LogP contribution in [0.25, 0.3) is 0 Å². The lowest BCUT2D eigenvalue weighted by Gasteiger charge is -1.94. The first-order chi connectivity index (χ1) is 6.67. The van der Waals surface area contributed by atoms with Gasteiger partial charge in [-0.05, 0) is 0 Å². The summed E-state index contributed by atoms with van der Waals surface area (Å²) in [6.07, 6.45) is 2.06. The van der Waals surface area contributed by atoms with Gasteiger partial charge in [0.2, 0.25) is 0 Å². The fraction of sp³-hybridized carbons (Fsp3) is 0.444. The van der Waals surface area contributed by atoms with Gasteiger partial charge in [-0.1, -0.05) is 6.92 Å². The van der Waals surface area contributed by atoms with Gasteiger partial charge >= 0.3 is 5.97 Å². The summed E-state index contributed by atoms with van der Waals surface area (Å²) in [6.45, 7) is 1.78. The molecule has 5 nitrogen and oxygen atoms in total. The third-order valence-electron chi connectivity index (χ3n) is 1.79. The number of carbonyl (C=O) groups excluding carboxylic acids is 2. The number of aromatic nitrogens is 2. The quantitative estimate of drug-likeness (QED) is 0.720. The van der Waals surface area contributed by atoms with Gasteiger partial charge in [-0.2, -0.15) is 0 Å². The Morgan fingerprint density at radius 3 is 2.86 bits per heavy atom. The summed E-state index contributed by atoms with van der Waals surface area (Å²) in [5, 5.41) is 0. The predicted molar refractivity (Wildman–Crippen MR) is 48.9 cm³/mol. The second kappa shape index (κ2) is 4.55. The van der Waals surface area contributed by atoms with Crippen LogP contribution in [-0.4, -0.2) is 28.8 Å². The molecule has 5 heteroatoms. The lowest BCUT2D eigenvalue weighted by atomic mass is 10.2. The van der Waals surface area contributed by atoms with Gasteiger partial charge < -0.3 is 9.72 Å². The Kier molecular flexibility index (Phi) is 3.39. The van der Waals surface area contributed by atoms with Crippen molar-refractivity contribution in [3.8, 4) is 0 Å². The maximum atomic E-state index is 11.1. The van der Waals surface area contributed by atoms with Crippen LogP contribution in [0.4, 0.5) is 0 Å². The zero-order chi connectivity index (χ0) is 10.6. The molecule has 0 saturated carbocycles. The van der Waals surface area contributed by atoms with Crippen molar-refractivity contribution in [2.45, 2.75) is 19.8 Å². The molecule has 0 aliphatic carbocycles. The van der Waals surface area contributed by atoms with Crippen LogP contribution in [-0.2, 0) is 16.0 Å². The predicted octanol–water partition coefficient (Wildman–Crippen LogP) is 0.718. The van der Waals surface area contributed by atoms with Crippen molar-refractivity contribution in [2.24, 2.45) is 0 Å². The molecule has 0 bridgehead atoms. The van der Waals surface area contributed by atoms with Crippen LogP contribution in [0.3, 0.4) is 0 Å². The summed E-state index contributed by atoms with van der Waals surface area (Å²) in [5.74, 6) is 0.0979. The number of H-pyrrole nitrogens is 1. The Hall–Kier alpha value is -1.65. The topological polar surface area (TPSA) is 72.1 Å². The summed E-state index contributed by atoms with van der Waals surface area (Å²) in [5.41, 5.74) is 0.270. The molecule has 0 aliphatic heterocycles. The maximum Gasteiger partial charge on any atom is 0.356 e. The van der Waals surface area contributed by atoms with E-state index >= 15 is 0 Å². The van der Waals surface area contributed by atoms with Crippen LogP contribution in [0, 0.1) is 0 Å². The fourth-order valence-corrected chi connectivity index (χ4v) is 0.978. The average molecular weight is 196 g/mol. The van der Waals surface area contributed by atoms with E-state index in [-0.39, 0.29) is 17.9 Å². The van der Waals surface area contributed by atoms with E-state index in [1.54, 1.807) is 6.92 Å². The molecule has 0 saturated heterocycles. The average Bonchev–Trinajstić information content (AvgIpc) is 2.65. The SMILES string of the molecule is CCC(=O)Cc1ncc(C(=O)OC)[nH]1. The van der Waals surface area contributed by atoms with Crippen LogP contribution < -0.4 is 0 Å². The summed E-state index contributed by atoms with van der Waals surface area (Å²) in [4.78, 5) is 28.7. The number of ether oxygens (including phenoxy) is 1. The molecule has 0 spiro atoms. The highest BCUT2D eigenvalue weighted by atomic mass is 16.5. The van der Waals surface area contributed by atoms with Gasteiger partial charge in [0.1, 0.15) is 17.3 Å². The van der Waals surface area contributed by atoms with Gasteiger partial charge in [0.25, 0.3) is 0 Å². The van der Waals surface area contributed by atoms with E-state index < -0.39 is 5.97 Å². The molecule has 0 aromatic carbocycles. The van der Waals surface area contributed by atoms with Crippen molar-refractivity contribution in [2.75, 3.05) is 7.11 Å². The number of esters is 1. The fourth-order valence-electron chi connectivity index (χ4n) is 0.978. The summed E-state index contributed by atoms with van der Waals surface area (Å²) >= 11 is 0. The third kappa shape index (κ3) is 2.42. The highest BCUT2D eigenvalue weighted by Crippen LogP contribution is 2.01. The number of rotatable bonds is 4. The molecule has 1 heterocycles. The van der Waals surface area contributed by atoms with E-state index in [0.29, 0.717) is 12.2 Å². The van der Waals surface area contributed by atoms with Crippen LogP contribution in [0.15, 0.2) is 6.20 Å². The van der Waals surface area contributed by atoms with Crippen LogP contribution in [0.2, 0.25) is 0 Å². The normalized spacial score (nSPS) is 9.86. The smallest absolute Gasteiger partial charge is 0.356 e. The number of hydrogen-bond acceptors (Lipinski definition) is 4. The summed E-state index contributed by atoms with van der Waals surface area (Å²) in [7, 11) is 1.29. The molecule has 1 N–H and O–H groups in total. The van der Waals surface area contributed by atoms with E-state index in [1.165, 1.54) is 13.3 Å². The van der Waals surface area contributed by atoms with Crippen molar-refractivity contribution in [1.29, 1.82) is 0 Å². The number of methoxy groups -OCH3 is 1. The number of nitrogens with one attached hydrogen (secondary N) is 1. The third-order valence-corrected chi connectivity index (χ3v) is 1.79. The minimum Gasteiger partial charge on any atom is -0.464 e. The van der Waals surface area contributed by atoms with Gasteiger partial charge in [-0.15, -0.1) is 0 Å². The molecule has 0 aliphatic rings. The molecule has 14 heavy (non-hydrogen) atoms. The molecule has 0 amide bonds. The van der Waals surface area contributed by atoms with Crippen LogP contribution >= 0.6 is 0 Å². The number of Topliss-reactive ketones (excluding diaryl/α,β-unsaturated/α-hetero) is 1. The first kappa shape index (κ1) is 10.4.